The fraction of sp³-hybridized carbons (Fsp3) is 0.782. The number of carbonyl (C=O) groups is 2. The van der Waals surface area contributed by atoms with Crippen molar-refractivity contribution >= 4 is 19.8 Å². The topological polar surface area (TPSA) is 134 Å². The molecule has 2 unspecified atom stereocenters. The second-order valence-corrected chi connectivity index (χ2v) is 19.2. The average Bonchev–Trinajstić information content (AvgIpc) is 3.30. The highest BCUT2D eigenvalue weighted by atomic mass is 31.2. The lowest BCUT2D eigenvalue weighted by atomic mass is 10.0. The molecule has 0 aliphatic carbocycles. The Kier molecular flexibility index (Phi) is 49.3. The van der Waals surface area contributed by atoms with Crippen LogP contribution < -0.4 is 5.73 Å². The molecule has 0 aromatic carbocycles. The van der Waals surface area contributed by atoms with Gasteiger partial charge in [0, 0.05) is 19.4 Å². The van der Waals surface area contributed by atoms with Gasteiger partial charge in [-0.25, -0.2) is 4.57 Å². The molecule has 0 rings (SSSR count). The number of phosphoric acid groups is 1. The zero-order valence-corrected chi connectivity index (χ0v) is 42.9. The van der Waals surface area contributed by atoms with Crippen LogP contribution in [0.5, 0.6) is 0 Å². The van der Waals surface area contributed by atoms with E-state index in [0.717, 1.165) is 77.0 Å². The van der Waals surface area contributed by atoms with Crippen LogP contribution in [0, 0.1) is 0 Å². The van der Waals surface area contributed by atoms with Crippen molar-refractivity contribution in [2.24, 2.45) is 5.73 Å². The normalized spacial score (nSPS) is 13.6. The molecule has 0 fully saturated rings. The number of hydrogen-bond acceptors (Lipinski definition) is 8. The van der Waals surface area contributed by atoms with E-state index in [2.05, 4.69) is 74.6 Å². The summed E-state index contributed by atoms with van der Waals surface area (Å²) in [5.41, 5.74) is 5.37. The second-order valence-electron chi connectivity index (χ2n) is 17.7. The minimum Gasteiger partial charge on any atom is -0.462 e. The molecule has 0 saturated carbocycles. The quantitative estimate of drug-likeness (QED) is 0.0265. The molecule has 0 bridgehead atoms. The zero-order chi connectivity index (χ0) is 47.4. The van der Waals surface area contributed by atoms with E-state index in [1.807, 2.05) is 0 Å². The first-order valence-electron chi connectivity index (χ1n) is 26.8. The van der Waals surface area contributed by atoms with Gasteiger partial charge < -0.3 is 20.1 Å². The smallest absolute Gasteiger partial charge is 0.462 e. The van der Waals surface area contributed by atoms with Gasteiger partial charge in [-0.05, 0) is 57.8 Å². The van der Waals surface area contributed by atoms with Crippen LogP contribution in [0.4, 0.5) is 0 Å². The van der Waals surface area contributed by atoms with Crippen molar-refractivity contribution in [3.8, 4) is 0 Å². The zero-order valence-electron chi connectivity index (χ0n) is 42.0. The molecule has 9 nitrogen and oxygen atoms in total. The summed E-state index contributed by atoms with van der Waals surface area (Å²) in [4.78, 5) is 35.1. The molecule has 0 aliphatic rings. The van der Waals surface area contributed by atoms with Gasteiger partial charge in [0.15, 0.2) is 6.10 Å². The Morgan fingerprint density at radius 2 is 0.846 bits per heavy atom. The van der Waals surface area contributed by atoms with Crippen LogP contribution in [-0.2, 0) is 32.7 Å². The monoisotopic (exact) mass is 934 g/mol. The maximum Gasteiger partial charge on any atom is 0.472 e. The Morgan fingerprint density at radius 1 is 0.477 bits per heavy atom. The molecular weight excluding hydrogens is 834 g/mol. The SMILES string of the molecule is CC/C=C\C/C=C\C/C=C\C/C=C\C/C=C\CCCCCCCCCC(=O)OC(COC(=O)CCCCCCCCCCCCCCCCCCCCCCC)COP(=O)(O)OCCN. The maximum atomic E-state index is 12.7. The van der Waals surface area contributed by atoms with Crippen LogP contribution in [0.25, 0.3) is 0 Å². The van der Waals surface area contributed by atoms with Gasteiger partial charge in [0.25, 0.3) is 0 Å². The number of ether oxygens (including phenoxy) is 2. The molecule has 0 aliphatic heterocycles. The molecule has 0 heterocycles. The minimum atomic E-state index is -4.39. The van der Waals surface area contributed by atoms with Gasteiger partial charge in [-0.15, -0.1) is 0 Å². The van der Waals surface area contributed by atoms with E-state index in [1.165, 1.54) is 135 Å². The molecule has 0 radical (unpaired) electrons. The number of allylic oxidation sites excluding steroid dienone is 10. The van der Waals surface area contributed by atoms with Crippen LogP contribution in [0.1, 0.15) is 245 Å². The third-order valence-corrected chi connectivity index (χ3v) is 12.4. The van der Waals surface area contributed by atoms with Gasteiger partial charge in [0.05, 0.1) is 13.2 Å². The molecule has 0 spiro atoms. The molecular formula is C55H100NO8P. The number of phosphoric ester groups is 1. The summed E-state index contributed by atoms with van der Waals surface area (Å²) in [5.74, 6) is -0.833. The van der Waals surface area contributed by atoms with Crippen molar-refractivity contribution in [2.75, 3.05) is 26.4 Å². The lowest BCUT2D eigenvalue weighted by Gasteiger charge is -2.19. The summed E-state index contributed by atoms with van der Waals surface area (Å²) >= 11 is 0. The standard InChI is InChI=1S/C55H100NO8P/c1-3-5-7-9-11-13-15-17-19-21-23-25-26-28-30-32-34-36-38-40-42-44-46-48-55(58)64-53(52-63-65(59,60)62-50-49-56)51-61-54(57)47-45-43-41-39-37-35-33-31-29-27-24-22-20-18-16-14-12-10-8-6-4-2/h5,7,11,13,17,19,23,25,28,30,53H,3-4,6,8-10,12,14-16,18,20-22,24,26-27,29,31-52,56H2,1-2H3,(H,59,60)/b7-5-,13-11-,19-17-,25-23-,30-28-. The van der Waals surface area contributed by atoms with Gasteiger partial charge in [-0.1, -0.05) is 235 Å². The van der Waals surface area contributed by atoms with Crippen LogP contribution in [0.3, 0.4) is 0 Å². The van der Waals surface area contributed by atoms with E-state index in [1.54, 1.807) is 0 Å². The molecule has 2 atom stereocenters. The number of carbonyl (C=O) groups excluding carboxylic acids is 2. The number of rotatable bonds is 50. The van der Waals surface area contributed by atoms with E-state index in [9.17, 15) is 19.0 Å². The first kappa shape index (κ1) is 62.7. The summed E-state index contributed by atoms with van der Waals surface area (Å²) in [5, 5.41) is 0. The molecule has 3 N–H and O–H groups in total. The van der Waals surface area contributed by atoms with Gasteiger partial charge in [-0.3, -0.25) is 18.6 Å². The van der Waals surface area contributed by atoms with Crippen LogP contribution >= 0.6 is 7.82 Å². The van der Waals surface area contributed by atoms with E-state index < -0.39 is 26.5 Å². The summed E-state index contributed by atoms with van der Waals surface area (Å²) in [6.45, 7) is 3.64. The summed E-state index contributed by atoms with van der Waals surface area (Å²) in [7, 11) is -4.39. The Balaban J connectivity index is 4.04. The number of esters is 2. The van der Waals surface area contributed by atoms with Crippen molar-refractivity contribution in [1.29, 1.82) is 0 Å². The van der Waals surface area contributed by atoms with Gasteiger partial charge >= 0.3 is 19.8 Å². The highest BCUT2D eigenvalue weighted by Crippen LogP contribution is 2.43. The molecule has 0 saturated heterocycles. The van der Waals surface area contributed by atoms with E-state index in [0.29, 0.717) is 6.42 Å². The Bertz CT molecular complexity index is 1250. The number of nitrogens with two attached hydrogens (primary N) is 1. The fourth-order valence-corrected chi connectivity index (χ4v) is 8.25. The predicted molar refractivity (Wildman–Crippen MR) is 275 cm³/mol. The minimum absolute atomic E-state index is 0.0502. The Hall–Kier alpha value is -2.29. The molecule has 65 heavy (non-hydrogen) atoms. The lowest BCUT2D eigenvalue weighted by molar-refractivity contribution is -0.161. The van der Waals surface area contributed by atoms with Crippen molar-refractivity contribution in [3.05, 3.63) is 60.8 Å². The third kappa shape index (κ3) is 51.0. The summed E-state index contributed by atoms with van der Waals surface area (Å²) in [6, 6.07) is 0. The fourth-order valence-electron chi connectivity index (χ4n) is 7.49. The first-order valence-corrected chi connectivity index (χ1v) is 28.3. The van der Waals surface area contributed by atoms with Crippen molar-refractivity contribution < 1.29 is 37.6 Å². The van der Waals surface area contributed by atoms with E-state index in [-0.39, 0.29) is 38.6 Å². The highest BCUT2D eigenvalue weighted by molar-refractivity contribution is 7.47. The molecule has 378 valence electrons. The van der Waals surface area contributed by atoms with Crippen molar-refractivity contribution in [2.45, 2.75) is 251 Å². The van der Waals surface area contributed by atoms with Crippen molar-refractivity contribution in [1.82, 2.24) is 0 Å². The molecule has 10 heteroatoms. The van der Waals surface area contributed by atoms with Crippen molar-refractivity contribution in [3.63, 3.8) is 0 Å². The largest absolute Gasteiger partial charge is 0.472 e. The van der Waals surface area contributed by atoms with Gasteiger partial charge in [0.1, 0.15) is 6.61 Å². The van der Waals surface area contributed by atoms with E-state index >= 15 is 0 Å². The summed E-state index contributed by atoms with van der Waals surface area (Å²) < 4.78 is 33.0. The number of unbranched alkanes of at least 4 members (excludes halogenated alkanes) is 27. The molecule has 0 amide bonds. The van der Waals surface area contributed by atoms with Crippen LogP contribution in [-0.4, -0.2) is 49.3 Å². The number of hydrogen-bond donors (Lipinski definition) is 2. The van der Waals surface area contributed by atoms with Gasteiger partial charge in [0.2, 0.25) is 0 Å². The third-order valence-electron chi connectivity index (χ3n) is 11.4. The second kappa shape index (κ2) is 51.1. The van der Waals surface area contributed by atoms with E-state index in [4.69, 9.17) is 24.3 Å². The molecule has 0 aromatic heterocycles. The van der Waals surface area contributed by atoms with Gasteiger partial charge in [-0.2, -0.15) is 0 Å². The Labute approximate surface area is 399 Å². The lowest BCUT2D eigenvalue weighted by Crippen LogP contribution is -2.29. The molecule has 0 aromatic rings. The first-order chi connectivity index (χ1) is 31.8. The highest BCUT2D eigenvalue weighted by Gasteiger charge is 2.26. The summed E-state index contributed by atoms with van der Waals surface area (Å²) in [6.07, 6.45) is 62.6. The maximum absolute atomic E-state index is 12.7. The van der Waals surface area contributed by atoms with Crippen LogP contribution in [0.2, 0.25) is 0 Å². The Morgan fingerprint density at radius 3 is 1.26 bits per heavy atom. The predicted octanol–water partition coefficient (Wildman–Crippen LogP) is 16.4. The average molecular weight is 934 g/mol. The van der Waals surface area contributed by atoms with Crippen LogP contribution in [0.15, 0.2) is 60.8 Å².